The van der Waals surface area contributed by atoms with Crippen LogP contribution in [0.2, 0.25) is 0 Å². The predicted octanol–water partition coefficient (Wildman–Crippen LogP) is 5.73. The van der Waals surface area contributed by atoms with E-state index in [2.05, 4.69) is 17.6 Å². The maximum absolute atomic E-state index is 11.7. The summed E-state index contributed by atoms with van der Waals surface area (Å²) in [7, 11) is 0. The number of carbonyl (C=O) groups excluding carboxylic acids is 1. The molecule has 0 aliphatic carbocycles. The first kappa shape index (κ1) is 18.5. The molecule has 0 unspecified atom stereocenters. The third-order valence-corrected chi connectivity index (χ3v) is 3.85. The Morgan fingerprint density at radius 3 is 1.95 bits per heavy atom. The minimum atomic E-state index is -0.109. The molecule has 0 heterocycles. The number of unbranched alkanes of at least 4 members (excludes halogenated alkanes) is 9. The van der Waals surface area contributed by atoms with Crippen LogP contribution in [0.5, 0.6) is 0 Å². The number of urea groups is 1. The van der Waals surface area contributed by atoms with Crippen molar-refractivity contribution in [3.05, 3.63) is 30.3 Å². The molecular formula is C19H32N2O. The van der Waals surface area contributed by atoms with Crippen LogP contribution in [0.15, 0.2) is 30.3 Å². The molecule has 3 heteroatoms. The number of para-hydroxylation sites is 1. The van der Waals surface area contributed by atoms with Crippen LogP contribution in [0.25, 0.3) is 0 Å². The van der Waals surface area contributed by atoms with E-state index in [1.54, 1.807) is 0 Å². The van der Waals surface area contributed by atoms with Crippen molar-refractivity contribution in [2.24, 2.45) is 0 Å². The predicted molar refractivity (Wildman–Crippen MR) is 95.3 cm³/mol. The highest BCUT2D eigenvalue weighted by molar-refractivity contribution is 5.89. The second-order valence-electron chi connectivity index (χ2n) is 5.93. The van der Waals surface area contributed by atoms with Crippen LogP contribution in [0.4, 0.5) is 10.5 Å². The zero-order valence-corrected chi connectivity index (χ0v) is 14.1. The van der Waals surface area contributed by atoms with E-state index in [9.17, 15) is 4.79 Å². The maximum atomic E-state index is 11.7. The van der Waals surface area contributed by atoms with Gasteiger partial charge in [0.25, 0.3) is 0 Å². The van der Waals surface area contributed by atoms with Crippen molar-refractivity contribution < 1.29 is 4.79 Å². The highest BCUT2D eigenvalue weighted by atomic mass is 16.2. The van der Waals surface area contributed by atoms with Crippen LogP contribution in [-0.4, -0.2) is 12.6 Å². The molecule has 0 aliphatic rings. The van der Waals surface area contributed by atoms with Crippen molar-refractivity contribution in [3.8, 4) is 0 Å². The molecule has 1 aromatic carbocycles. The molecule has 0 aliphatic heterocycles. The number of amides is 2. The zero-order chi connectivity index (χ0) is 15.9. The first-order valence-corrected chi connectivity index (χ1v) is 8.93. The standard InChI is InChI=1S/C19H32N2O/c1-2-3-4-5-6-7-8-9-10-14-17-20-19(22)21-18-15-12-11-13-16-18/h11-13,15-16H,2-10,14,17H2,1H3,(H2,20,21,22). The number of benzene rings is 1. The zero-order valence-electron chi connectivity index (χ0n) is 14.1. The van der Waals surface area contributed by atoms with Crippen LogP contribution >= 0.6 is 0 Å². The highest BCUT2D eigenvalue weighted by Gasteiger charge is 1.99. The number of carbonyl (C=O) groups is 1. The van der Waals surface area contributed by atoms with E-state index in [0.29, 0.717) is 0 Å². The second-order valence-corrected chi connectivity index (χ2v) is 5.93. The number of hydrogen-bond acceptors (Lipinski definition) is 1. The van der Waals surface area contributed by atoms with E-state index in [4.69, 9.17) is 0 Å². The fraction of sp³-hybridized carbons (Fsp3) is 0.632. The topological polar surface area (TPSA) is 41.1 Å². The lowest BCUT2D eigenvalue weighted by Crippen LogP contribution is -2.29. The number of rotatable bonds is 12. The Hall–Kier alpha value is -1.51. The molecule has 0 saturated heterocycles. The molecular weight excluding hydrogens is 272 g/mol. The Labute approximate surface area is 135 Å². The molecule has 1 rings (SSSR count). The number of anilines is 1. The monoisotopic (exact) mass is 304 g/mol. The highest BCUT2D eigenvalue weighted by Crippen LogP contribution is 2.10. The van der Waals surface area contributed by atoms with Crippen LogP contribution in [0.3, 0.4) is 0 Å². The van der Waals surface area contributed by atoms with Gasteiger partial charge in [-0.25, -0.2) is 4.79 Å². The van der Waals surface area contributed by atoms with E-state index in [1.165, 1.54) is 57.8 Å². The summed E-state index contributed by atoms with van der Waals surface area (Å²) >= 11 is 0. The average molecular weight is 304 g/mol. The van der Waals surface area contributed by atoms with E-state index in [1.807, 2.05) is 30.3 Å². The van der Waals surface area contributed by atoms with Gasteiger partial charge in [-0.15, -0.1) is 0 Å². The van der Waals surface area contributed by atoms with Crippen LogP contribution < -0.4 is 10.6 Å². The lowest BCUT2D eigenvalue weighted by molar-refractivity contribution is 0.252. The molecule has 22 heavy (non-hydrogen) atoms. The summed E-state index contributed by atoms with van der Waals surface area (Å²) in [5, 5.41) is 5.73. The molecule has 1 aromatic rings. The summed E-state index contributed by atoms with van der Waals surface area (Å²) in [5.74, 6) is 0. The summed E-state index contributed by atoms with van der Waals surface area (Å²) in [6.07, 6.45) is 13.2. The van der Waals surface area contributed by atoms with Crippen LogP contribution in [0, 0.1) is 0 Å². The minimum Gasteiger partial charge on any atom is -0.338 e. The molecule has 2 amide bonds. The van der Waals surface area contributed by atoms with Gasteiger partial charge >= 0.3 is 6.03 Å². The second kappa shape index (κ2) is 13.2. The first-order chi connectivity index (χ1) is 10.8. The quantitative estimate of drug-likeness (QED) is 0.476. The van der Waals surface area contributed by atoms with Gasteiger partial charge in [-0.3, -0.25) is 0 Å². The summed E-state index contributed by atoms with van der Waals surface area (Å²) in [6.45, 7) is 3.02. The maximum Gasteiger partial charge on any atom is 0.319 e. The Balaban J connectivity index is 1.86. The van der Waals surface area contributed by atoms with Crippen molar-refractivity contribution >= 4 is 11.7 Å². The molecule has 3 nitrogen and oxygen atoms in total. The fourth-order valence-corrected chi connectivity index (χ4v) is 2.51. The third kappa shape index (κ3) is 10.3. The third-order valence-electron chi connectivity index (χ3n) is 3.85. The van der Waals surface area contributed by atoms with Gasteiger partial charge in [0.2, 0.25) is 0 Å². The lowest BCUT2D eigenvalue weighted by atomic mass is 10.1. The molecule has 0 saturated carbocycles. The van der Waals surface area contributed by atoms with E-state index >= 15 is 0 Å². The first-order valence-electron chi connectivity index (χ1n) is 8.93. The molecule has 124 valence electrons. The van der Waals surface area contributed by atoms with Gasteiger partial charge in [-0.05, 0) is 18.6 Å². The van der Waals surface area contributed by atoms with Crippen molar-refractivity contribution in [2.45, 2.75) is 71.1 Å². The van der Waals surface area contributed by atoms with Gasteiger partial charge in [0.1, 0.15) is 0 Å². The smallest absolute Gasteiger partial charge is 0.319 e. The van der Waals surface area contributed by atoms with Gasteiger partial charge in [-0.1, -0.05) is 82.9 Å². The summed E-state index contributed by atoms with van der Waals surface area (Å²) < 4.78 is 0. The van der Waals surface area contributed by atoms with E-state index in [-0.39, 0.29) is 6.03 Å². The minimum absolute atomic E-state index is 0.109. The molecule has 2 N–H and O–H groups in total. The van der Waals surface area contributed by atoms with Crippen LogP contribution in [0.1, 0.15) is 71.1 Å². The van der Waals surface area contributed by atoms with E-state index < -0.39 is 0 Å². The summed E-state index contributed by atoms with van der Waals surface area (Å²) in [6, 6.07) is 9.44. The van der Waals surface area contributed by atoms with Gasteiger partial charge < -0.3 is 10.6 Å². The Morgan fingerprint density at radius 1 is 0.818 bits per heavy atom. The van der Waals surface area contributed by atoms with Gasteiger partial charge in [-0.2, -0.15) is 0 Å². The van der Waals surface area contributed by atoms with Crippen LogP contribution in [-0.2, 0) is 0 Å². The van der Waals surface area contributed by atoms with E-state index in [0.717, 1.165) is 18.7 Å². The van der Waals surface area contributed by atoms with Gasteiger partial charge in [0, 0.05) is 12.2 Å². The van der Waals surface area contributed by atoms with Crippen molar-refractivity contribution in [3.63, 3.8) is 0 Å². The molecule has 0 bridgehead atoms. The Bertz CT molecular complexity index is 378. The average Bonchev–Trinajstić information content (AvgIpc) is 2.53. The number of hydrogen-bond donors (Lipinski definition) is 2. The summed E-state index contributed by atoms with van der Waals surface area (Å²) in [4.78, 5) is 11.7. The Kier molecular flexibility index (Phi) is 11.1. The van der Waals surface area contributed by atoms with Crippen molar-refractivity contribution in [1.29, 1.82) is 0 Å². The molecule has 0 radical (unpaired) electrons. The summed E-state index contributed by atoms with van der Waals surface area (Å²) in [5.41, 5.74) is 0.836. The van der Waals surface area contributed by atoms with Gasteiger partial charge in [0.15, 0.2) is 0 Å². The number of nitrogens with one attached hydrogen (secondary N) is 2. The fourth-order valence-electron chi connectivity index (χ4n) is 2.51. The molecule has 0 aromatic heterocycles. The van der Waals surface area contributed by atoms with Crippen molar-refractivity contribution in [1.82, 2.24) is 5.32 Å². The lowest BCUT2D eigenvalue weighted by Gasteiger charge is -2.07. The molecule has 0 fully saturated rings. The normalized spacial score (nSPS) is 10.4. The molecule has 0 atom stereocenters. The van der Waals surface area contributed by atoms with Crippen molar-refractivity contribution in [2.75, 3.05) is 11.9 Å². The Morgan fingerprint density at radius 2 is 1.36 bits per heavy atom. The van der Waals surface area contributed by atoms with Gasteiger partial charge in [0.05, 0.1) is 0 Å². The largest absolute Gasteiger partial charge is 0.338 e. The molecule has 0 spiro atoms. The SMILES string of the molecule is CCCCCCCCCCCCNC(=O)Nc1ccccc1.